The average Bonchev–Trinajstić information content (AvgIpc) is 2.53. The summed E-state index contributed by atoms with van der Waals surface area (Å²) in [6, 6.07) is 14.6. The summed E-state index contributed by atoms with van der Waals surface area (Å²) < 4.78 is 10.1. The molecule has 0 saturated heterocycles. The molecule has 1 N–H and O–H groups in total. The number of hydrogen-bond acceptors (Lipinski definition) is 3. The van der Waals surface area contributed by atoms with Crippen molar-refractivity contribution in [2.75, 3.05) is 14.2 Å². The van der Waals surface area contributed by atoms with Crippen molar-refractivity contribution in [2.45, 2.75) is 6.10 Å². The van der Waals surface area contributed by atoms with Gasteiger partial charge in [-0.05, 0) is 42.0 Å². The van der Waals surface area contributed by atoms with Crippen LogP contribution in [0.2, 0.25) is 0 Å². The first-order valence-electron chi connectivity index (χ1n) is 6.20. The molecule has 0 aliphatic carbocycles. The summed E-state index contributed by atoms with van der Waals surface area (Å²) in [7, 11) is 3.23. The van der Waals surface area contributed by atoms with Crippen LogP contribution >= 0.6 is 0 Å². The van der Waals surface area contributed by atoms with Crippen LogP contribution in [0.15, 0.2) is 48.5 Å². The predicted octanol–water partition coefficient (Wildman–Crippen LogP) is 2.79. The van der Waals surface area contributed by atoms with Gasteiger partial charge >= 0.3 is 0 Å². The van der Waals surface area contributed by atoms with E-state index in [0.717, 1.165) is 22.6 Å². The van der Waals surface area contributed by atoms with Gasteiger partial charge in [-0.15, -0.1) is 0 Å². The fourth-order valence-corrected chi connectivity index (χ4v) is 1.70. The van der Waals surface area contributed by atoms with Gasteiger partial charge in [0.1, 0.15) is 17.6 Å². The van der Waals surface area contributed by atoms with Gasteiger partial charge in [-0.25, -0.2) is 0 Å². The number of ether oxygens (including phenoxy) is 2. The molecule has 0 aliphatic heterocycles. The SMILES string of the molecule is COc1ccc(C#C[C@H](O)c2ccc(OC)cc2)cc1. The lowest BCUT2D eigenvalue weighted by atomic mass is 10.1. The molecule has 0 radical (unpaired) electrons. The van der Waals surface area contributed by atoms with Gasteiger partial charge in [0.05, 0.1) is 14.2 Å². The molecule has 1 atom stereocenters. The lowest BCUT2D eigenvalue weighted by Gasteiger charge is -2.05. The van der Waals surface area contributed by atoms with Crippen molar-refractivity contribution in [1.29, 1.82) is 0 Å². The Hall–Kier alpha value is -2.44. The second kappa shape index (κ2) is 6.65. The summed E-state index contributed by atoms with van der Waals surface area (Å²) in [5, 5.41) is 10.0. The van der Waals surface area contributed by atoms with Gasteiger partial charge in [0.2, 0.25) is 0 Å². The summed E-state index contributed by atoms with van der Waals surface area (Å²) in [6.07, 6.45) is -0.817. The standard InChI is InChI=1S/C17H16O3/c1-19-15-8-3-13(4-9-15)5-12-17(18)14-6-10-16(20-2)11-7-14/h3-4,6-11,17-18H,1-2H3/t17-/m0/s1. The maximum atomic E-state index is 10.0. The molecule has 0 bridgehead atoms. The van der Waals surface area contributed by atoms with Crippen LogP contribution < -0.4 is 9.47 Å². The Kier molecular flexibility index (Phi) is 4.65. The lowest BCUT2D eigenvalue weighted by Crippen LogP contribution is -1.94. The molecule has 0 amide bonds. The Bertz CT molecular complexity index is 603. The molecule has 0 heterocycles. The highest BCUT2D eigenvalue weighted by Crippen LogP contribution is 2.17. The largest absolute Gasteiger partial charge is 0.497 e. The Morgan fingerprint density at radius 1 is 0.850 bits per heavy atom. The van der Waals surface area contributed by atoms with Crippen molar-refractivity contribution in [1.82, 2.24) is 0 Å². The van der Waals surface area contributed by atoms with Gasteiger partial charge in [-0.3, -0.25) is 0 Å². The van der Waals surface area contributed by atoms with E-state index in [2.05, 4.69) is 11.8 Å². The minimum Gasteiger partial charge on any atom is -0.497 e. The molecular weight excluding hydrogens is 252 g/mol. The molecule has 0 aromatic heterocycles. The molecule has 0 spiro atoms. The van der Waals surface area contributed by atoms with Gasteiger partial charge < -0.3 is 14.6 Å². The van der Waals surface area contributed by atoms with Crippen LogP contribution in [0.3, 0.4) is 0 Å². The highest BCUT2D eigenvalue weighted by molar-refractivity contribution is 5.40. The van der Waals surface area contributed by atoms with Crippen molar-refractivity contribution in [3.05, 3.63) is 59.7 Å². The fraction of sp³-hybridized carbons (Fsp3) is 0.176. The van der Waals surface area contributed by atoms with Crippen molar-refractivity contribution in [3.63, 3.8) is 0 Å². The van der Waals surface area contributed by atoms with E-state index in [1.54, 1.807) is 38.5 Å². The van der Waals surface area contributed by atoms with Gasteiger partial charge in [0.25, 0.3) is 0 Å². The minimum atomic E-state index is -0.817. The van der Waals surface area contributed by atoms with Gasteiger partial charge in [-0.2, -0.15) is 0 Å². The minimum absolute atomic E-state index is 0.742. The molecule has 20 heavy (non-hydrogen) atoms. The van der Waals surface area contributed by atoms with Gasteiger partial charge in [-0.1, -0.05) is 24.0 Å². The number of hydrogen-bond donors (Lipinski definition) is 1. The molecule has 3 heteroatoms. The first-order valence-corrected chi connectivity index (χ1v) is 6.20. The van der Waals surface area contributed by atoms with E-state index in [9.17, 15) is 5.11 Å². The van der Waals surface area contributed by atoms with Crippen molar-refractivity contribution >= 4 is 0 Å². The normalized spacial score (nSPS) is 11.2. The highest BCUT2D eigenvalue weighted by atomic mass is 16.5. The zero-order valence-electron chi connectivity index (χ0n) is 11.5. The van der Waals surface area contributed by atoms with Crippen LogP contribution in [0, 0.1) is 11.8 Å². The Balaban J connectivity index is 2.09. The Morgan fingerprint density at radius 3 is 1.85 bits per heavy atom. The molecule has 3 nitrogen and oxygen atoms in total. The van der Waals surface area contributed by atoms with E-state index in [4.69, 9.17) is 9.47 Å². The molecule has 2 aromatic rings. The summed E-state index contributed by atoms with van der Waals surface area (Å²) in [5.41, 5.74) is 1.57. The van der Waals surface area contributed by atoms with E-state index in [0.29, 0.717) is 0 Å². The quantitative estimate of drug-likeness (QED) is 0.870. The predicted molar refractivity (Wildman–Crippen MR) is 77.8 cm³/mol. The molecule has 2 aromatic carbocycles. The summed E-state index contributed by atoms with van der Waals surface area (Å²) in [4.78, 5) is 0. The maximum Gasteiger partial charge on any atom is 0.140 e. The van der Waals surface area contributed by atoms with E-state index < -0.39 is 6.10 Å². The summed E-state index contributed by atoms with van der Waals surface area (Å²) >= 11 is 0. The van der Waals surface area contributed by atoms with Crippen LogP contribution in [0.1, 0.15) is 17.2 Å². The average molecular weight is 268 g/mol. The van der Waals surface area contributed by atoms with Crippen molar-refractivity contribution in [3.8, 4) is 23.3 Å². The first-order chi connectivity index (χ1) is 9.72. The van der Waals surface area contributed by atoms with Crippen LogP contribution in [-0.4, -0.2) is 19.3 Å². The number of rotatable bonds is 3. The van der Waals surface area contributed by atoms with Crippen LogP contribution in [0.5, 0.6) is 11.5 Å². The number of methoxy groups -OCH3 is 2. The molecule has 0 fully saturated rings. The number of benzene rings is 2. The van der Waals surface area contributed by atoms with Gasteiger partial charge in [0, 0.05) is 5.56 Å². The zero-order chi connectivity index (χ0) is 14.4. The third kappa shape index (κ3) is 3.53. The summed E-state index contributed by atoms with van der Waals surface area (Å²) in [5.74, 6) is 7.29. The summed E-state index contributed by atoms with van der Waals surface area (Å²) in [6.45, 7) is 0. The maximum absolute atomic E-state index is 10.0. The number of aliphatic hydroxyl groups is 1. The topological polar surface area (TPSA) is 38.7 Å². The smallest absolute Gasteiger partial charge is 0.140 e. The molecule has 0 saturated carbocycles. The van der Waals surface area contributed by atoms with E-state index in [-0.39, 0.29) is 0 Å². The van der Waals surface area contributed by atoms with E-state index in [1.807, 2.05) is 24.3 Å². The molecule has 2 rings (SSSR count). The second-order valence-electron chi connectivity index (χ2n) is 4.17. The molecular formula is C17H16O3. The number of aliphatic hydroxyl groups excluding tert-OH is 1. The molecule has 102 valence electrons. The fourth-order valence-electron chi connectivity index (χ4n) is 1.70. The second-order valence-corrected chi connectivity index (χ2v) is 4.17. The molecule has 0 aliphatic rings. The third-order valence-corrected chi connectivity index (χ3v) is 2.87. The third-order valence-electron chi connectivity index (χ3n) is 2.87. The van der Waals surface area contributed by atoms with Crippen LogP contribution in [-0.2, 0) is 0 Å². The van der Waals surface area contributed by atoms with Gasteiger partial charge in [0.15, 0.2) is 0 Å². The van der Waals surface area contributed by atoms with Crippen LogP contribution in [0.25, 0.3) is 0 Å². The Labute approximate surface area is 118 Å². The highest BCUT2D eigenvalue weighted by Gasteiger charge is 2.03. The zero-order valence-corrected chi connectivity index (χ0v) is 11.5. The van der Waals surface area contributed by atoms with E-state index in [1.165, 1.54) is 0 Å². The van der Waals surface area contributed by atoms with Crippen LogP contribution in [0.4, 0.5) is 0 Å². The Morgan fingerprint density at radius 2 is 1.35 bits per heavy atom. The monoisotopic (exact) mass is 268 g/mol. The van der Waals surface area contributed by atoms with Crippen molar-refractivity contribution < 1.29 is 14.6 Å². The van der Waals surface area contributed by atoms with E-state index >= 15 is 0 Å². The lowest BCUT2D eigenvalue weighted by molar-refractivity contribution is 0.238. The van der Waals surface area contributed by atoms with Crippen molar-refractivity contribution in [2.24, 2.45) is 0 Å². The first kappa shape index (κ1) is 14.0. The molecule has 0 unspecified atom stereocenters.